The molecule has 0 saturated carbocycles. The van der Waals surface area contributed by atoms with Crippen LogP contribution >= 0.6 is 7.14 Å². The molecule has 1 atom stereocenters. The van der Waals surface area contributed by atoms with Crippen molar-refractivity contribution in [2.24, 2.45) is 0 Å². The van der Waals surface area contributed by atoms with Gasteiger partial charge in [-0.25, -0.2) is 4.79 Å². The fraction of sp³-hybridized carbons (Fsp3) is 0.667. The van der Waals surface area contributed by atoms with Gasteiger partial charge in [-0.2, -0.15) is 0 Å². The fourth-order valence-corrected chi connectivity index (χ4v) is 3.43. The quantitative estimate of drug-likeness (QED) is 0.698. The van der Waals surface area contributed by atoms with E-state index < -0.39 is 13.1 Å². The molecule has 1 N–H and O–H groups in total. The number of carboxylic acid groups (broad SMARTS) is 1. The van der Waals surface area contributed by atoms with Crippen molar-refractivity contribution in [3.63, 3.8) is 0 Å². The highest BCUT2D eigenvalue weighted by Crippen LogP contribution is 2.49. The lowest BCUT2D eigenvalue weighted by atomic mass is 9.99. The van der Waals surface area contributed by atoms with Crippen molar-refractivity contribution < 1.29 is 14.5 Å². The first-order valence-electron chi connectivity index (χ1n) is 4.41. The Labute approximate surface area is 78.2 Å². The summed E-state index contributed by atoms with van der Waals surface area (Å²) in [6, 6.07) is 0. The van der Waals surface area contributed by atoms with Crippen LogP contribution in [0.5, 0.6) is 0 Å². The lowest BCUT2D eigenvalue weighted by Crippen LogP contribution is -2.20. The second-order valence-electron chi connectivity index (χ2n) is 3.85. The molecule has 1 aliphatic carbocycles. The molecule has 0 aliphatic heterocycles. The Hall–Kier alpha value is -0.560. The van der Waals surface area contributed by atoms with E-state index in [0.717, 1.165) is 19.3 Å². The van der Waals surface area contributed by atoms with Gasteiger partial charge < -0.3 is 9.67 Å². The predicted molar refractivity (Wildman–Crippen MR) is 52.8 cm³/mol. The van der Waals surface area contributed by atoms with Gasteiger partial charge in [0.2, 0.25) is 0 Å². The molecule has 1 aliphatic rings. The molecule has 1 rings (SSSR count). The zero-order valence-electron chi connectivity index (χ0n) is 7.99. The standard InChI is InChI=1S/C9H15O3P/c1-13(2,12)8-6-4-3-5-7(8)9(10)11/h5,8H,3-4,6H2,1-2H3,(H,10,11). The zero-order valence-corrected chi connectivity index (χ0v) is 8.88. The van der Waals surface area contributed by atoms with Crippen molar-refractivity contribution in [3.8, 4) is 0 Å². The van der Waals surface area contributed by atoms with E-state index >= 15 is 0 Å². The Balaban J connectivity index is 2.96. The van der Waals surface area contributed by atoms with Gasteiger partial charge in [-0.1, -0.05) is 6.08 Å². The van der Waals surface area contributed by atoms with Crippen molar-refractivity contribution in [1.82, 2.24) is 0 Å². The van der Waals surface area contributed by atoms with Gasteiger partial charge in [0.15, 0.2) is 0 Å². The summed E-state index contributed by atoms with van der Waals surface area (Å²) in [5.41, 5.74) is 0.137. The smallest absolute Gasteiger partial charge is 0.331 e. The van der Waals surface area contributed by atoms with Crippen LogP contribution in [0.2, 0.25) is 0 Å². The third-order valence-electron chi connectivity index (χ3n) is 2.40. The van der Waals surface area contributed by atoms with E-state index in [9.17, 15) is 9.36 Å². The second-order valence-corrected chi connectivity index (χ2v) is 7.34. The molecule has 0 heterocycles. The SMILES string of the molecule is CP(C)(=O)C1CCCC=C1C(=O)O. The number of hydrogen-bond donors (Lipinski definition) is 1. The summed E-state index contributed by atoms with van der Waals surface area (Å²) in [6.07, 6.45) is 4.23. The molecule has 0 amide bonds. The van der Waals surface area contributed by atoms with E-state index in [2.05, 4.69) is 0 Å². The molecule has 0 saturated heterocycles. The zero-order chi connectivity index (χ0) is 10.1. The molecule has 0 aromatic carbocycles. The van der Waals surface area contributed by atoms with Gasteiger partial charge in [0.1, 0.15) is 0 Å². The molecule has 3 nitrogen and oxygen atoms in total. The monoisotopic (exact) mass is 202 g/mol. The van der Waals surface area contributed by atoms with Crippen molar-refractivity contribution in [1.29, 1.82) is 0 Å². The Morgan fingerprint density at radius 2 is 2.23 bits per heavy atom. The highest BCUT2D eigenvalue weighted by Gasteiger charge is 2.31. The van der Waals surface area contributed by atoms with Crippen molar-refractivity contribution in [2.45, 2.75) is 24.9 Å². The third kappa shape index (κ3) is 2.44. The van der Waals surface area contributed by atoms with Crippen LogP contribution in [0, 0.1) is 0 Å². The minimum atomic E-state index is -2.30. The summed E-state index contributed by atoms with van der Waals surface area (Å²) in [5, 5.41) is 8.88. The number of aliphatic carboxylic acids is 1. The topological polar surface area (TPSA) is 54.4 Å². The molecule has 4 heteroatoms. The average Bonchev–Trinajstić information content (AvgIpc) is 2.03. The Morgan fingerprint density at radius 1 is 1.62 bits per heavy atom. The second kappa shape index (κ2) is 3.67. The van der Waals surface area contributed by atoms with E-state index in [-0.39, 0.29) is 5.66 Å². The van der Waals surface area contributed by atoms with E-state index in [4.69, 9.17) is 5.11 Å². The summed E-state index contributed by atoms with van der Waals surface area (Å²) in [4.78, 5) is 10.8. The third-order valence-corrected chi connectivity index (χ3v) is 4.44. The van der Waals surface area contributed by atoms with Crippen molar-refractivity contribution in [3.05, 3.63) is 11.6 Å². The fourth-order valence-electron chi connectivity index (χ4n) is 1.74. The number of rotatable bonds is 2. The van der Waals surface area contributed by atoms with Crippen LogP contribution in [0.4, 0.5) is 0 Å². The number of carbonyl (C=O) groups is 1. The average molecular weight is 202 g/mol. The maximum Gasteiger partial charge on any atom is 0.331 e. The number of carboxylic acids is 1. The molecule has 0 spiro atoms. The Morgan fingerprint density at radius 3 is 2.62 bits per heavy atom. The normalized spacial score (nSPS) is 23.8. The molecule has 0 aromatic rings. The molecule has 0 aromatic heterocycles. The van der Waals surface area contributed by atoms with Crippen LogP contribution in [0.3, 0.4) is 0 Å². The Kier molecular flexibility index (Phi) is 2.97. The maximum atomic E-state index is 11.8. The van der Waals surface area contributed by atoms with Gasteiger partial charge in [-0.05, 0) is 32.6 Å². The van der Waals surface area contributed by atoms with Crippen molar-refractivity contribution >= 4 is 13.1 Å². The van der Waals surface area contributed by atoms with Gasteiger partial charge in [-0.3, -0.25) is 0 Å². The molecule has 0 bridgehead atoms. The molecule has 13 heavy (non-hydrogen) atoms. The minimum absolute atomic E-state index is 0.223. The summed E-state index contributed by atoms with van der Waals surface area (Å²) < 4.78 is 11.8. The van der Waals surface area contributed by atoms with E-state index in [1.54, 1.807) is 19.4 Å². The van der Waals surface area contributed by atoms with Crippen molar-refractivity contribution in [2.75, 3.05) is 13.3 Å². The maximum absolute atomic E-state index is 11.8. The number of hydrogen-bond acceptors (Lipinski definition) is 2. The molecule has 0 fully saturated rings. The molecular weight excluding hydrogens is 187 g/mol. The van der Waals surface area contributed by atoms with Gasteiger partial charge in [0.05, 0.1) is 7.14 Å². The molecule has 74 valence electrons. The summed E-state index contributed by atoms with van der Waals surface area (Å²) in [6.45, 7) is 3.33. The predicted octanol–water partition coefficient (Wildman–Crippen LogP) is 2.17. The minimum Gasteiger partial charge on any atom is -0.478 e. The molecule has 1 unspecified atom stereocenters. The van der Waals surface area contributed by atoms with Crippen LogP contribution in [0.15, 0.2) is 11.6 Å². The summed E-state index contributed by atoms with van der Waals surface area (Å²) in [5.74, 6) is -0.909. The van der Waals surface area contributed by atoms with Crippen LogP contribution in [0.25, 0.3) is 0 Å². The highest BCUT2D eigenvalue weighted by atomic mass is 31.2. The van der Waals surface area contributed by atoms with E-state index in [0.29, 0.717) is 5.57 Å². The van der Waals surface area contributed by atoms with E-state index in [1.165, 1.54) is 0 Å². The highest BCUT2D eigenvalue weighted by molar-refractivity contribution is 7.63. The molecular formula is C9H15O3P. The van der Waals surface area contributed by atoms with E-state index in [1.807, 2.05) is 0 Å². The Bertz CT molecular complexity index is 287. The van der Waals surface area contributed by atoms with Gasteiger partial charge in [0.25, 0.3) is 0 Å². The lowest BCUT2D eigenvalue weighted by molar-refractivity contribution is -0.132. The van der Waals surface area contributed by atoms with Gasteiger partial charge in [-0.15, -0.1) is 0 Å². The first-order valence-corrected chi connectivity index (χ1v) is 7.08. The lowest BCUT2D eigenvalue weighted by Gasteiger charge is -2.25. The van der Waals surface area contributed by atoms with Gasteiger partial charge >= 0.3 is 5.97 Å². The summed E-state index contributed by atoms with van der Waals surface area (Å²) >= 11 is 0. The van der Waals surface area contributed by atoms with Gasteiger partial charge in [0, 0.05) is 11.2 Å². The molecule has 0 radical (unpaired) electrons. The van der Waals surface area contributed by atoms with Crippen LogP contribution in [-0.2, 0) is 9.36 Å². The largest absolute Gasteiger partial charge is 0.478 e. The first kappa shape index (κ1) is 10.5. The first-order chi connectivity index (χ1) is 5.93. The van der Waals surface area contributed by atoms with Crippen LogP contribution < -0.4 is 0 Å². The number of allylic oxidation sites excluding steroid dienone is 1. The summed E-state index contributed by atoms with van der Waals surface area (Å²) in [7, 11) is -2.30. The van der Waals surface area contributed by atoms with Crippen LogP contribution in [-0.4, -0.2) is 30.1 Å². The van der Waals surface area contributed by atoms with Crippen LogP contribution in [0.1, 0.15) is 19.3 Å².